The summed E-state index contributed by atoms with van der Waals surface area (Å²) in [6, 6.07) is 0. The molecule has 5 heteroatoms. The summed E-state index contributed by atoms with van der Waals surface area (Å²) >= 11 is 2.32. The molecule has 1 heterocycles. The van der Waals surface area contributed by atoms with Crippen LogP contribution in [0.2, 0.25) is 0 Å². The Kier molecular flexibility index (Phi) is 6.11. The molecular weight excluding hydrogens is 329 g/mol. The Morgan fingerprint density at radius 3 is 2.59 bits per heavy atom. The molecule has 0 unspecified atom stereocenters. The topological polar surface area (TPSA) is 47.0 Å². The highest BCUT2D eigenvalue weighted by atomic mass is 127. The van der Waals surface area contributed by atoms with E-state index in [9.17, 15) is 0 Å². The van der Waals surface area contributed by atoms with Crippen LogP contribution in [-0.4, -0.2) is 30.2 Å². The van der Waals surface area contributed by atoms with Crippen molar-refractivity contribution in [1.29, 1.82) is 0 Å². The fraction of sp³-hybridized carbons (Fsp3) is 0.667. The normalized spacial score (nSPS) is 10.9. The van der Waals surface area contributed by atoms with E-state index in [0.29, 0.717) is 12.5 Å². The van der Waals surface area contributed by atoms with Gasteiger partial charge in [0.05, 0.1) is 15.9 Å². The maximum atomic E-state index is 5.07. The van der Waals surface area contributed by atoms with E-state index in [1.807, 2.05) is 0 Å². The third kappa shape index (κ3) is 4.06. The summed E-state index contributed by atoms with van der Waals surface area (Å²) in [6.45, 7) is 7.90. The summed E-state index contributed by atoms with van der Waals surface area (Å²) in [5, 5.41) is 3.29. The number of rotatable bonds is 6. The van der Waals surface area contributed by atoms with Gasteiger partial charge < -0.3 is 10.1 Å². The van der Waals surface area contributed by atoms with E-state index in [1.165, 1.54) is 0 Å². The summed E-state index contributed by atoms with van der Waals surface area (Å²) in [7, 11) is 1.70. The lowest BCUT2D eigenvalue weighted by Gasteiger charge is -2.14. The molecule has 17 heavy (non-hydrogen) atoms. The smallest absolute Gasteiger partial charge is 0.143 e. The zero-order chi connectivity index (χ0) is 12.8. The minimum Gasteiger partial charge on any atom is -0.384 e. The summed E-state index contributed by atoms with van der Waals surface area (Å²) < 4.78 is 6.20. The molecule has 96 valence electrons. The van der Waals surface area contributed by atoms with Gasteiger partial charge in [0.25, 0.3) is 0 Å². The van der Waals surface area contributed by atoms with Crippen molar-refractivity contribution in [3.8, 4) is 0 Å². The zero-order valence-corrected chi connectivity index (χ0v) is 13.0. The number of aromatic nitrogens is 2. The van der Waals surface area contributed by atoms with Crippen LogP contribution in [0, 0.1) is 3.57 Å². The minimum atomic E-state index is 0.406. The molecule has 4 nitrogen and oxygen atoms in total. The van der Waals surface area contributed by atoms with E-state index in [-0.39, 0.29) is 0 Å². The van der Waals surface area contributed by atoms with Crippen LogP contribution in [0.3, 0.4) is 0 Å². The maximum absolute atomic E-state index is 5.07. The Morgan fingerprint density at radius 1 is 1.35 bits per heavy atom. The highest BCUT2D eigenvalue weighted by molar-refractivity contribution is 14.1. The molecule has 0 fully saturated rings. The molecule has 0 atom stereocenters. The van der Waals surface area contributed by atoms with Gasteiger partial charge in [0.1, 0.15) is 11.6 Å². The van der Waals surface area contributed by atoms with E-state index < -0.39 is 0 Å². The number of nitrogens with one attached hydrogen (secondary N) is 1. The third-order valence-corrected chi connectivity index (χ3v) is 3.41. The molecule has 0 spiro atoms. The molecule has 0 aliphatic heterocycles. The molecule has 0 aliphatic rings. The van der Waals surface area contributed by atoms with Crippen LogP contribution < -0.4 is 5.32 Å². The van der Waals surface area contributed by atoms with Crippen molar-refractivity contribution in [2.45, 2.75) is 33.1 Å². The number of hydrogen-bond acceptors (Lipinski definition) is 4. The van der Waals surface area contributed by atoms with Gasteiger partial charge in [0, 0.05) is 20.1 Å². The maximum Gasteiger partial charge on any atom is 0.143 e. The van der Waals surface area contributed by atoms with E-state index in [2.05, 4.69) is 58.6 Å². The molecule has 1 aromatic rings. The first-order valence-electron chi connectivity index (χ1n) is 5.89. The molecule has 0 saturated carbocycles. The van der Waals surface area contributed by atoms with E-state index in [0.717, 1.165) is 33.9 Å². The monoisotopic (exact) mass is 349 g/mol. The average Bonchev–Trinajstić information content (AvgIpc) is 2.29. The van der Waals surface area contributed by atoms with Crippen molar-refractivity contribution in [3.05, 3.63) is 15.1 Å². The SMILES string of the molecule is CCNc1nc(CCOC)nc(C(C)C)c1I. The van der Waals surface area contributed by atoms with Gasteiger partial charge in [0.2, 0.25) is 0 Å². The van der Waals surface area contributed by atoms with E-state index in [4.69, 9.17) is 4.74 Å². The van der Waals surface area contributed by atoms with E-state index >= 15 is 0 Å². The Morgan fingerprint density at radius 2 is 2.06 bits per heavy atom. The van der Waals surface area contributed by atoms with Crippen molar-refractivity contribution in [2.24, 2.45) is 0 Å². The van der Waals surface area contributed by atoms with Crippen LogP contribution in [0.1, 0.15) is 38.2 Å². The molecule has 1 aromatic heterocycles. The van der Waals surface area contributed by atoms with Crippen LogP contribution in [0.5, 0.6) is 0 Å². The first-order chi connectivity index (χ1) is 8.10. The fourth-order valence-electron chi connectivity index (χ4n) is 1.48. The number of halogens is 1. The Labute approximate surface area is 117 Å². The van der Waals surface area contributed by atoms with Crippen molar-refractivity contribution in [2.75, 3.05) is 25.6 Å². The highest BCUT2D eigenvalue weighted by Crippen LogP contribution is 2.25. The fourth-order valence-corrected chi connectivity index (χ4v) is 2.54. The molecule has 1 rings (SSSR count). The van der Waals surface area contributed by atoms with Gasteiger partial charge in [0.15, 0.2) is 0 Å². The molecular formula is C12H20IN3O. The van der Waals surface area contributed by atoms with Gasteiger partial charge >= 0.3 is 0 Å². The molecule has 0 aromatic carbocycles. The van der Waals surface area contributed by atoms with Crippen molar-refractivity contribution < 1.29 is 4.74 Å². The molecule has 0 radical (unpaired) electrons. The molecule has 1 N–H and O–H groups in total. The second kappa shape index (κ2) is 7.10. The largest absolute Gasteiger partial charge is 0.384 e. The van der Waals surface area contributed by atoms with Crippen LogP contribution in [0.25, 0.3) is 0 Å². The van der Waals surface area contributed by atoms with Gasteiger partial charge in [-0.2, -0.15) is 0 Å². The van der Waals surface area contributed by atoms with Crippen LogP contribution in [0.15, 0.2) is 0 Å². The van der Waals surface area contributed by atoms with E-state index in [1.54, 1.807) is 7.11 Å². The predicted octanol–water partition coefficient (Wildman–Crippen LogP) is 2.83. The highest BCUT2D eigenvalue weighted by Gasteiger charge is 2.14. The van der Waals surface area contributed by atoms with Crippen molar-refractivity contribution in [1.82, 2.24) is 9.97 Å². The summed E-state index contributed by atoms with van der Waals surface area (Å²) in [4.78, 5) is 9.15. The van der Waals surface area contributed by atoms with Gasteiger partial charge in [-0.25, -0.2) is 9.97 Å². The summed E-state index contributed by atoms with van der Waals surface area (Å²) in [5.41, 5.74) is 1.11. The molecule has 0 aliphatic carbocycles. The first kappa shape index (κ1) is 14.6. The van der Waals surface area contributed by atoms with Crippen LogP contribution >= 0.6 is 22.6 Å². The number of methoxy groups -OCH3 is 1. The lowest BCUT2D eigenvalue weighted by atomic mass is 10.1. The quantitative estimate of drug-likeness (QED) is 0.803. The minimum absolute atomic E-state index is 0.406. The van der Waals surface area contributed by atoms with Gasteiger partial charge in [-0.1, -0.05) is 13.8 Å². The average molecular weight is 349 g/mol. The molecule has 0 amide bonds. The number of anilines is 1. The second-order valence-corrected chi connectivity index (χ2v) is 5.19. The van der Waals surface area contributed by atoms with Gasteiger partial charge in [-0.15, -0.1) is 0 Å². The van der Waals surface area contributed by atoms with Crippen LogP contribution in [0.4, 0.5) is 5.82 Å². The summed E-state index contributed by atoms with van der Waals surface area (Å²) in [5.74, 6) is 2.20. The number of nitrogens with zero attached hydrogens (tertiary/aromatic N) is 2. The Balaban J connectivity index is 3.07. The number of hydrogen-bond donors (Lipinski definition) is 1. The zero-order valence-electron chi connectivity index (χ0n) is 10.9. The van der Waals surface area contributed by atoms with Gasteiger partial charge in [-0.05, 0) is 35.4 Å². The first-order valence-corrected chi connectivity index (χ1v) is 6.97. The lowest BCUT2D eigenvalue weighted by molar-refractivity contribution is 0.200. The molecule has 0 bridgehead atoms. The summed E-state index contributed by atoms with van der Waals surface area (Å²) in [6.07, 6.45) is 0.755. The Hall–Kier alpha value is -0.430. The predicted molar refractivity (Wildman–Crippen MR) is 78.6 cm³/mol. The van der Waals surface area contributed by atoms with Crippen LogP contribution in [-0.2, 0) is 11.2 Å². The number of ether oxygens (including phenoxy) is 1. The van der Waals surface area contributed by atoms with Crippen molar-refractivity contribution >= 4 is 28.4 Å². The Bertz CT molecular complexity index is 369. The van der Waals surface area contributed by atoms with Gasteiger partial charge in [-0.3, -0.25) is 0 Å². The van der Waals surface area contributed by atoms with Crippen molar-refractivity contribution in [3.63, 3.8) is 0 Å². The standard InChI is InChI=1S/C12H20IN3O/c1-5-14-12-10(13)11(8(2)3)15-9(16-12)6-7-17-4/h8H,5-7H2,1-4H3,(H,14,15,16). The lowest BCUT2D eigenvalue weighted by Crippen LogP contribution is -2.12. The molecule has 0 saturated heterocycles. The second-order valence-electron chi connectivity index (χ2n) is 4.12. The third-order valence-electron chi connectivity index (χ3n) is 2.34.